The SMILES string of the molecule is C[C@]12C=CC(=O)C=C1CC[C@H]1[C@@H]3C[C@@H](O)[C@](O)(C(=O)COC(=O)NCC(=O)NCCCON(O)O)[C@@]3(C)C[C@H](O)[C@@]12F. The molecule has 0 bridgehead atoms. The number of hydrogen-bond donors (Lipinski definition) is 7. The number of carbonyl (C=O) groups excluding carboxylic acids is 4. The van der Waals surface area contributed by atoms with Crippen molar-refractivity contribution in [2.24, 2.45) is 22.7 Å². The van der Waals surface area contributed by atoms with Gasteiger partial charge in [0.1, 0.15) is 0 Å². The van der Waals surface area contributed by atoms with Crippen LogP contribution in [0.1, 0.15) is 46.0 Å². The van der Waals surface area contributed by atoms with E-state index in [0.717, 1.165) is 0 Å². The first kappa shape index (κ1) is 32.1. The van der Waals surface area contributed by atoms with Gasteiger partial charge < -0.3 is 30.7 Å². The first-order chi connectivity index (χ1) is 19.6. The molecule has 0 radical (unpaired) electrons. The molecule has 14 nitrogen and oxygen atoms in total. The molecule has 0 aliphatic heterocycles. The average molecular weight is 600 g/mol. The normalized spacial score (nSPS) is 38.7. The van der Waals surface area contributed by atoms with E-state index in [1.54, 1.807) is 6.92 Å². The third-order valence-electron chi connectivity index (χ3n) is 9.86. The molecule has 2 amide bonds. The molecule has 4 rings (SSSR count). The predicted octanol–water partition coefficient (Wildman–Crippen LogP) is -0.127. The van der Waals surface area contributed by atoms with Gasteiger partial charge in [0.15, 0.2) is 23.7 Å². The van der Waals surface area contributed by atoms with E-state index in [1.165, 1.54) is 25.2 Å². The monoisotopic (exact) mass is 599 g/mol. The lowest BCUT2D eigenvalue weighted by Crippen LogP contribution is -2.69. The molecule has 4 aliphatic rings. The van der Waals surface area contributed by atoms with Crippen molar-refractivity contribution in [1.29, 1.82) is 0 Å². The van der Waals surface area contributed by atoms with Crippen molar-refractivity contribution in [3.05, 3.63) is 23.8 Å². The number of amides is 2. The van der Waals surface area contributed by atoms with Crippen LogP contribution in [0.3, 0.4) is 0 Å². The molecule has 3 fully saturated rings. The van der Waals surface area contributed by atoms with E-state index < -0.39 is 82.5 Å². The lowest BCUT2D eigenvalue weighted by atomic mass is 9.44. The zero-order valence-corrected chi connectivity index (χ0v) is 23.4. The number of ether oxygens (including phenoxy) is 1. The third kappa shape index (κ3) is 5.16. The fraction of sp³-hybridized carbons (Fsp3) is 0.704. The number of alkyl halides is 1. The van der Waals surface area contributed by atoms with Crippen LogP contribution in [0, 0.1) is 22.7 Å². The van der Waals surface area contributed by atoms with Crippen LogP contribution in [-0.2, 0) is 24.0 Å². The number of halogens is 1. The number of nitrogens with zero attached hydrogens (tertiary/aromatic N) is 1. The fourth-order valence-corrected chi connectivity index (χ4v) is 7.68. The number of rotatable bonds is 10. The van der Waals surface area contributed by atoms with Gasteiger partial charge in [-0.2, -0.15) is 0 Å². The molecule has 8 atom stereocenters. The zero-order valence-electron chi connectivity index (χ0n) is 23.4. The van der Waals surface area contributed by atoms with Gasteiger partial charge in [0.2, 0.25) is 11.7 Å². The summed E-state index contributed by atoms with van der Waals surface area (Å²) in [5, 5.41) is 54.9. The molecular formula is C27H38FN3O11. The van der Waals surface area contributed by atoms with E-state index in [-0.39, 0.29) is 44.6 Å². The number of hydrogen-bond acceptors (Lipinski definition) is 12. The summed E-state index contributed by atoms with van der Waals surface area (Å²) in [6.07, 6.45) is 0.125. The van der Waals surface area contributed by atoms with E-state index in [0.29, 0.717) is 12.0 Å². The van der Waals surface area contributed by atoms with Gasteiger partial charge >= 0.3 is 6.09 Å². The minimum Gasteiger partial charge on any atom is -0.441 e. The van der Waals surface area contributed by atoms with Crippen molar-refractivity contribution in [3.63, 3.8) is 0 Å². The lowest BCUT2D eigenvalue weighted by molar-refractivity contribution is -0.492. The molecule has 4 aliphatic carbocycles. The number of allylic oxidation sites excluding steroid dienone is 4. The Morgan fingerprint density at radius 2 is 1.86 bits per heavy atom. The largest absolute Gasteiger partial charge is 0.441 e. The lowest BCUT2D eigenvalue weighted by Gasteiger charge is -2.62. The maximum absolute atomic E-state index is 17.2. The minimum absolute atomic E-state index is 0.0983. The summed E-state index contributed by atoms with van der Waals surface area (Å²) < 4.78 is 22.1. The Hall–Kier alpha value is -2.79. The zero-order chi connectivity index (χ0) is 31.1. The predicted molar refractivity (Wildman–Crippen MR) is 138 cm³/mol. The minimum atomic E-state index is -2.45. The van der Waals surface area contributed by atoms with Crippen molar-refractivity contribution in [3.8, 4) is 0 Å². The standard InChI is InChI=1S/C27H38FN3O11/c1-24-7-6-16(32)10-15(24)4-5-17-18-11-19(33)27(38,25(18,2)12-20(34)26(17,24)28)21(35)14-41-23(37)30-13-22(36)29-8-3-9-42-31(39)40/h6-7,10,17-20,33-34,38-40H,3-5,8-9,11-14H2,1-2H3,(H,29,36)(H,30,37)/t17-,18-,19+,20-,24-,25-,26-,27-/m0/s1. The molecule has 0 spiro atoms. The number of ketones is 2. The molecule has 0 aromatic carbocycles. The van der Waals surface area contributed by atoms with Gasteiger partial charge in [-0.25, -0.2) is 9.18 Å². The molecule has 42 heavy (non-hydrogen) atoms. The maximum Gasteiger partial charge on any atom is 0.408 e. The van der Waals surface area contributed by atoms with Crippen LogP contribution in [0.4, 0.5) is 9.18 Å². The van der Waals surface area contributed by atoms with E-state index in [2.05, 4.69) is 15.5 Å². The Balaban J connectivity index is 1.39. The Bertz CT molecular complexity index is 1180. The Kier molecular flexibility index (Phi) is 8.96. The molecule has 7 N–H and O–H groups in total. The summed E-state index contributed by atoms with van der Waals surface area (Å²) in [5.41, 5.74) is -6.83. The molecule has 0 aromatic heterocycles. The van der Waals surface area contributed by atoms with Crippen LogP contribution < -0.4 is 10.6 Å². The van der Waals surface area contributed by atoms with Gasteiger partial charge in [-0.1, -0.05) is 18.6 Å². The van der Waals surface area contributed by atoms with Crippen molar-refractivity contribution in [2.75, 3.05) is 26.3 Å². The molecule has 0 heterocycles. The van der Waals surface area contributed by atoms with E-state index in [9.17, 15) is 34.5 Å². The Morgan fingerprint density at radius 3 is 2.55 bits per heavy atom. The number of nitrogens with one attached hydrogen (secondary N) is 2. The highest BCUT2D eigenvalue weighted by Gasteiger charge is 2.76. The molecule has 3 saturated carbocycles. The van der Waals surface area contributed by atoms with Crippen molar-refractivity contribution < 1.29 is 58.9 Å². The Labute approximate surface area is 241 Å². The summed E-state index contributed by atoms with van der Waals surface area (Å²) in [6, 6.07) is 0. The van der Waals surface area contributed by atoms with Crippen LogP contribution in [0.15, 0.2) is 23.8 Å². The number of fused-ring (bicyclic) bond motifs is 5. The molecule has 0 saturated heterocycles. The average Bonchev–Trinajstić information content (AvgIpc) is 3.12. The molecular weight excluding hydrogens is 561 g/mol. The van der Waals surface area contributed by atoms with Crippen LogP contribution in [0.25, 0.3) is 0 Å². The van der Waals surface area contributed by atoms with Gasteiger partial charge in [-0.3, -0.25) is 29.6 Å². The van der Waals surface area contributed by atoms with E-state index in [1.807, 2.05) is 0 Å². The summed E-state index contributed by atoms with van der Waals surface area (Å²) in [4.78, 5) is 53.6. The van der Waals surface area contributed by atoms with Crippen molar-refractivity contribution in [2.45, 2.75) is 69.4 Å². The van der Waals surface area contributed by atoms with E-state index >= 15 is 4.39 Å². The molecule has 0 unspecified atom stereocenters. The third-order valence-corrected chi connectivity index (χ3v) is 9.86. The summed E-state index contributed by atoms with van der Waals surface area (Å²) in [7, 11) is 0. The number of aliphatic hydroxyl groups excluding tert-OH is 2. The quantitative estimate of drug-likeness (QED) is 0.129. The molecule has 0 aromatic rings. The smallest absolute Gasteiger partial charge is 0.408 e. The number of alkyl carbamates (subject to hydrolysis) is 1. The van der Waals surface area contributed by atoms with Gasteiger partial charge in [0.25, 0.3) is 0 Å². The summed E-state index contributed by atoms with van der Waals surface area (Å²) in [5.74, 6) is -3.44. The van der Waals surface area contributed by atoms with Crippen LogP contribution in [0.5, 0.6) is 0 Å². The van der Waals surface area contributed by atoms with Crippen LogP contribution in [-0.4, -0.2) is 104 Å². The highest BCUT2D eigenvalue weighted by molar-refractivity contribution is 6.01. The van der Waals surface area contributed by atoms with Crippen LogP contribution in [0.2, 0.25) is 0 Å². The topological polar surface area (TPSA) is 215 Å². The first-order valence-corrected chi connectivity index (χ1v) is 13.8. The van der Waals surface area contributed by atoms with Crippen LogP contribution >= 0.6 is 0 Å². The van der Waals surface area contributed by atoms with Crippen molar-refractivity contribution >= 4 is 23.6 Å². The summed E-state index contributed by atoms with van der Waals surface area (Å²) in [6.45, 7) is 1.70. The Morgan fingerprint density at radius 1 is 1.14 bits per heavy atom. The number of carbonyl (C=O) groups is 4. The van der Waals surface area contributed by atoms with Gasteiger partial charge in [0, 0.05) is 23.3 Å². The highest BCUT2D eigenvalue weighted by atomic mass is 19.1. The first-order valence-electron chi connectivity index (χ1n) is 13.8. The molecule has 234 valence electrons. The second kappa shape index (κ2) is 11.7. The second-order valence-electron chi connectivity index (χ2n) is 11.9. The van der Waals surface area contributed by atoms with Gasteiger partial charge in [-0.15, -0.1) is 0 Å². The van der Waals surface area contributed by atoms with Gasteiger partial charge in [-0.05, 0) is 57.1 Å². The van der Waals surface area contributed by atoms with Gasteiger partial charge in [0.05, 0.1) is 30.7 Å². The number of Topliss-reactive ketones (excluding diaryl/α,β-unsaturated/α-hetero) is 1. The second-order valence-corrected chi connectivity index (χ2v) is 11.9. The van der Waals surface area contributed by atoms with Crippen molar-refractivity contribution in [1.82, 2.24) is 16.0 Å². The number of aliphatic hydroxyl groups is 3. The fourth-order valence-electron chi connectivity index (χ4n) is 7.68. The van der Waals surface area contributed by atoms with E-state index in [4.69, 9.17) is 15.2 Å². The molecule has 15 heteroatoms. The highest BCUT2D eigenvalue weighted by Crippen LogP contribution is 2.69. The summed E-state index contributed by atoms with van der Waals surface area (Å²) >= 11 is 0. The maximum atomic E-state index is 17.2.